The first kappa shape index (κ1) is 16.3. The predicted molar refractivity (Wildman–Crippen MR) is 70.7 cm³/mol. The lowest BCUT2D eigenvalue weighted by atomic mass is 10.3. The lowest BCUT2D eigenvalue weighted by Gasteiger charge is -2.17. The fourth-order valence-electron chi connectivity index (χ4n) is 1.49. The third kappa shape index (κ3) is 5.46. The van der Waals surface area contributed by atoms with Gasteiger partial charge in [-0.1, -0.05) is 6.92 Å². The maximum absolute atomic E-state index is 12.1. The van der Waals surface area contributed by atoms with Crippen molar-refractivity contribution in [3.05, 3.63) is 24.0 Å². The second-order valence-electron chi connectivity index (χ2n) is 4.45. The maximum atomic E-state index is 12.1. The van der Waals surface area contributed by atoms with Crippen LogP contribution in [0.2, 0.25) is 0 Å². The van der Waals surface area contributed by atoms with Crippen LogP contribution >= 0.6 is 0 Å². The monoisotopic (exact) mass is 289 g/mol. The van der Waals surface area contributed by atoms with Crippen molar-refractivity contribution in [1.82, 2.24) is 9.88 Å². The third-order valence-electron chi connectivity index (χ3n) is 2.64. The van der Waals surface area contributed by atoms with Gasteiger partial charge in [-0.25, -0.2) is 4.98 Å². The summed E-state index contributed by atoms with van der Waals surface area (Å²) >= 11 is 0. The molecule has 1 N–H and O–H groups in total. The molecule has 0 spiro atoms. The molecule has 0 bridgehead atoms. The van der Waals surface area contributed by atoms with Crippen molar-refractivity contribution in [2.24, 2.45) is 0 Å². The summed E-state index contributed by atoms with van der Waals surface area (Å²) in [6.07, 6.45) is -2.83. The van der Waals surface area contributed by atoms with E-state index in [2.05, 4.69) is 10.3 Å². The number of hydrogen-bond donors (Lipinski definition) is 1. The van der Waals surface area contributed by atoms with E-state index in [0.29, 0.717) is 0 Å². The summed E-state index contributed by atoms with van der Waals surface area (Å²) in [5.41, 5.74) is 0.915. The van der Waals surface area contributed by atoms with Gasteiger partial charge in [-0.05, 0) is 18.6 Å². The molecule has 0 aromatic carbocycles. The number of amides is 1. The van der Waals surface area contributed by atoms with Gasteiger partial charge in [-0.2, -0.15) is 13.2 Å². The number of aromatic nitrogens is 1. The molecule has 1 heterocycles. The fourth-order valence-corrected chi connectivity index (χ4v) is 1.49. The fraction of sp³-hybridized carbons (Fsp3) is 0.538. The molecule has 0 fully saturated rings. The zero-order chi connectivity index (χ0) is 15.2. The van der Waals surface area contributed by atoms with Crippen LogP contribution in [0.4, 0.5) is 18.9 Å². The Kier molecular flexibility index (Phi) is 5.79. The van der Waals surface area contributed by atoms with E-state index in [4.69, 9.17) is 0 Å². The van der Waals surface area contributed by atoms with E-state index in [1.165, 1.54) is 19.3 Å². The molecular weight excluding hydrogens is 271 g/mol. The number of carbonyl (C=O) groups is 1. The highest BCUT2D eigenvalue weighted by Crippen LogP contribution is 2.19. The molecule has 1 aromatic heterocycles. The highest BCUT2D eigenvalue weighted by atomic mass is 19.4. The van der Waals surface area contributed by atoms with Crippen molar-refractivity contribution in [2.45, 2.75) is 25.9 Å². The van der Waals surface area contributed by atoms with Gasteiger partial charge in [0.2, 0.25) is 0 Å². The van der Waals surface area contributed by atoms with Crippen LogP contribution in [0.15, 0.2) is 18.3 Å². The van der Waals surface area contributed by atoms with Crippen LogP contribution in [0.1, 0.15) is 30.3 Å². The summed E-state index contributed by atoms with van der Waals surface area (Å²) < 4.78 is 36.3. The number of rotatable bonds is 6. The van der Waals surface area contributed by atoms with E-state index in [9.17, 15) is 18.0 Å². The quantitative estimate of drug-likeness (QED) is 0.875. The predicted octanol–water partition coefficient (Wildman–Crippen LogP) is 2.93. The Hall–Kier alpha value is -1.79. The second-order valence-corrected chi connectivity index (χ2v) is 4.45. The van der Waals surface area contributed by atoms with Gasteiger partial charge in [-0.3, -0.25) is 4.79 Å². The zero-order valence-electron chi connectivity index (χ0n) is 11.5. The van der Waals surface area contributed by atoms with Gasteiger partial charge >= 0.3 is 6.18 Å². The average molecular weight is 289 g/mol. The van der Waals surface area contributed by atoms with Crippen molar-refractivity contribution in [1.29, 1.82) is 0 Å². The van der Waals surface area contributed by atoms with Gasteiger partial charge < -0.3 is 10.2 Å². The first-order valence-corrected chi connectivity index (χ1v) is 6.35. The van der Waals surface area contributed by atoms with Crippen LogP contribution in [0.25, 0.3) is 0 Å². The summed E-state index contributed by atoms with van der Waals surface area (Å²) in [7, 11) is 1.33. The van der Waals surface area contributed by atoms with Crippen LogP contribution in [0, 0.1) is 0 Å². The molecule has 0 saturated carbocycles. The van der Waals surface area contributed by atoms with E-state index in [1.54, 1.807) is 6.07 Å². The number of carbonyl (C=O) groups excluding carboxylic acids is 1. The molecular formula is C13H18F3N3O. The van der Waals surface area contributed by atoms with Gasteiger partial charge in [0, 0.05) is 20.1 Å². The maximum Gasteiger partial charge on any atom is 0.390 e. The molecule has 0 aliphatic carbocycles. The highest BCUT2D eigenvalue weighted by Gasteiger charge is 2.28. The largest absolute Gasteiger partial charge is 0.390 e. The van der Waals surface area contributed by atoms with Gasteiger partial charge in [0.05, 0.1) is 18.3 Å². The summed E-state index contributed by atoms with van der Waals surface area (Å²) in [5.74, 6) is -0.517. The smallest absolute Gasteiger partial charge is 0.384 e. The molecule has 0 atom stereocenters. The number of anilines is 1. The molecule has 0 aliphatic rings. The summed E-state index contributed by atoms with van der Waals surface area (Å²) in [4.78, 5) is 16.8. The molecule has 0 saturated heterocycles. The van der Waals surface area contributed by atoms with Crippen LogP contribution < -0.4 is 5.32 Å². The Labute approximate surface area is 116 Å². The average Bonchev–Trinajstić information content (AvgIpc) is 2.41. The number of nitrogens with one attached hydrogen (secondary N) is 1. The molecule has 1 aromatic rings. The van der Waals surface area contributed by atoms with Crippen molar-refractivity contribution < 1.29 is 18.0 Å². The summed E-state index contributed by atoms with van der Waals surface area (Å²) in [5, 5.41) is 3.10. The molecule has 20 heavy (non-hydrogen) atoms. The SMILES string of the molecule is CCCNc1ccc(C(=O)N(C)CCC(F)(F)F)nc1. The lowest BCUT2D eigenvalue weighted by Crippen LogP contribution is -2.31. The summed E-state index contributed by atoms with van der Waals surface area (Å²) in [6, 6.07) is 3.19. The number of hydrogen-bond acceptors (Lipinski definition) is 3. The van der Waals surface area contributed by atoms with Gasteiger partial charge in [-0.15, -0.1) is 0 Å². The van der Waals surface area contributed by atoms with E-state index in [-0.39, 0.29) is 12.2 Å². The van der Waals surface area contributed by atoms with E-state index < -0.39 is 18.5 Å². The Bertz CT molecular complexity index is 431. The first-order valence-electron chi connectivity index (χ1n) is 6.35. The first-order chi connectivity index (χ1) is 9.33. The topological polar surface area (TPSA) is 45.2 Å². The molecule has 0 radical (unpaired) electrons. The standard InChI is InChI=1S/C13H18F3N3O/c1-3-7-17-10-4-5-11(18-9-10)12(20)19(2)8-6-13(14,15)16/h4-5,9,17H,3,6-8H2,1-2H3. The Morgan fingerprint density at radius 1 is 1.40 bits per heavy atom. The van der Waals surface area contributed by atoms with E-state index >= 15 is 0 Å². The third-order valence-corrected chi connectivity index (χ3v) is 2.64. The van der Waals surface area contributed by atoms with Crippen LogP contribution in [-0.4, -0.2) is 42.1 Å². The van der Waals surface area contributed by atoms with Crippen molar-refractivity contribution >= 4 is 11.6 Å². The molecule has 0 unspecified atom stereocenters. The molecule has 0 aliphatic heterocycles. The zero-order valence-corrected chi connectivity index (χ0v) is 11.5. The van der Waals surface area contributed by atoms with E-state index in [0.717, 1.165) is 23.6 Å². The minimum atomic E-state index is -4.27. The Morgan fingerprint density at radius 3 is 2.60 bits per heavy atom. The highest BCUT2D eigenvalue weighted by molar-refractivity contribution is 5.92. The van der Waals surface area contributed by atoms with E-state index in [1.807, 2.05) is 6.92 Å². The number of alkyl halides is 3. The normalized spacial score (nSPS) is 11.2. The number of nitrogens with zero attached hydrogens (tertiary/aromatic N) is 2. The molecule has 4 nitrogen and oxygen atoms in total. The molecule has 1 amide bonds. The molecule has 112 valence electrons. The lowest BCUT2D eigenvalue weighted by molar-refractivity contribution is -0.136. The van der Waals surface area contributed by atoms with Crippen molar-refractivity contribution in [3.8, 4) is 0 Å². The minimum Gasteiger partial charge on any atom is -0.384 e. The van der Waals surface area contributed by atoms with Crippen molar-refractivity contribution in [2.75, 3.05) is 25.5 Å². The second kappa shape index (κ2) is 7.12. The number of pyridine rings is 1. The van der Waals surface area contributed by atoms with Crippen molar-refractivity contribution in [3.63, 3.8) is 0 Å². The summed E-state index contributed by atoms with van der Waals surface area (Å²) in [6.45, 7) is 2.44. The minimum absolute atomic E-state index is 0.136. The Morgan fingerprint density at radius 2 is 2.10 bits per heavy atom. The van der Waals surface area contributed by atoms with Gasteiger partial charge in [0.1, 0.15) is 5.69 Å². The Balaban J connectivity index is 2.58. The van der Waals surface area contributed by atoms with Crippen LogP contribution in [0.5, 0.6) is 0 Å². The number of halogens is 3. The van der Waals surface area contributed by atoms with Gasteiger partial charge in [0.25, 0.3) is 5.91 Å². The van der Waals surface area contributed by atoms with Crippen LogP contribution in [0.3, 0.4) is 0 Å². The molecule has 1 rings (SSSR count). The van der Waals surface area contributed by atoms with Crippen LogP contribution in [-0.2, 0) is 0 Å². The van der Waals surface area contributed by atoms with Gasteiger partial charge in [0.15, 0.2) is 0 Å². The molecule has 7 heteroatoms.